The smallest absolute Gasteiger partial charge is 0.318 e. The van der Waals surface area contributed by atoms with E-state index in [1.165, 1.54) is 12.0 Å². The van der Waals surface area contributed by atoms with Gasteiger partial charge in [0, 0.05) is 57.4 Å². The molecule has 2 fully saturated rings. The molecule has 2 heterocycles. The van der Waals surface area contributed by atoms with Crippen LogP contribution in [0.3, 0.4) is 0 Å². The first-order valence-electron chi connectivity index (χ1n) is 11.5. The number of rotatable bonds is 6. The van der Waals surface area contributed by atoms with Gasteiger partial charge in [0.2, 0.25) is 11.8 Å². The second-order valence-electron chi connectivity index (χ2n) is 9.12. The molecule has 1 atom stereocenters. The van der Waals surface area contributed by atoms with E-state index in [1.54, 1.807) is 14.1 Å². The number of nitrogens with two attached hydrogens (primary N) is 1. The van der Waals surface area contributed by atoms with Gasteiger partial charge in [-0.25, -0.2) is 0 Å². The lowest BCUT2D eigenvalue weighted by atomic mass is 9.82. The average Bonchev–Trinajstić information content (AvgIpc) is 2.84. The van der Waals surface area contributed by atoms with Crippen LogP contribution in [0, 0.1) is 23.2 Å². The molecular weight excluding hydrogens is 422 g/mol. The number of esters is 1. The van der Waals surface area contributed by atoms with Crippen LogP contribution in [-0.2, 0) is 19.1 Å². The molecule has 3 N–H and O–H groups in total. The van der Waals surface area contributed by atoms with Crippen molar-refractivity contribution in [2.24, 2.45) is 23.5 Å². The van der Waals surface area contributed by atoms with E-state index >= 15 is 0 Å². The molecule has 2 amide bonds. The highest BCUT2D eigenvalue weighted by Crippen LogP contribution is 2.30. The maximum Gasteiger partial charge on any atom is 0.318 e. The van der Waals surface area contributed by atoms with Crippen LogP contribution in [0.5, 0.6) is 0 Å². The molecule has 3 rings (SSSR count). The molecule has 9 nitrogen and oxygen atoms in total. The van der Waals surface area contributed by atoms with E-state index < -0.39 is 11.9 Å². The Morgan fingerprint density at radius 2 is 1.61 bits per heavy atom. The Labute approximate surface area is 195 Å². The Hall–Kier alpha value is -3.10. The molecule has 0 aromatic heterocycles. The molecule has 0 saturated carbocycles. The Bertz CT molecular complexity index is 869. The van der Waals surface area contributed by atoms with Crippen LogP contribution in [0.4, 0.5) is 5.69 Å². The first kappa shape index (κ1) is 24.5. The molecule has 9 heteroatoms. The zero-order valence-electron chi connectivity index (χ0n) is 19.8. The number of carbonyl (C=O) groups is 3. The number of amidine groups is 1. The van der Waals surface area contributed by atoms with E-state index in [0.717, 1.165) is 31.6 Å². The predicted molar refractivity (Wildman–Crippen MR) is 126 cm³/mol. The molecule has 1 aromatic rings. The zero-order chi connectivity index (χ0) is 24.1. The summed E-state index contributed by atoms with van der Waals surface area (Å²) in [6.45, 7) is 2.72. The van der Waals surface area contributed by atoms with Crippen molar-refractivity contribution in [1.82, 2.24) is 9.80 Å². The maximum absolute atomic E-state index is 13.1. The van der Waals surface area contributed by atoms with Crippen LogP contribution in [0.2, 0.25) is 0 Å². The first-order valence-corrected chi connectivity index (χ1v) is 11.5. The first-order chi connectivity index (χ1) is 15.7. The molecule has 1 aromatic carbocycles. The van der Waals surface area contributed by atoms with Gasteiger partial charge >= 0.3 is 5.97 Å². The monoisotopic (exact) mass is 457 g/mol. The largest absolute Gasteiger partial charge is 0.468 e. The number of nitrogens with zero attached hydrogens (tertiary/aromatic N) is 3. The lowest BCUT2D eigenvalue weighted by Crippen LogP contribution is -2.48. The number of carbonyl (C=O) groups excluding carboxylic acids is 3. The van der Waals surface area contributed by atoms with Crippen molar-refractivity contribution in [3.8, 4) is 0 Å². The quantitative estimate of drug-likeness (QED) is 0.288. The van der Waals surface area contributed by atoms with Crippen molar-refractivity contribution >= 4 is 29.3 Å². The third kappa shape index (κ3) is 5.64. The number of nitrogens with one attached hydrogen (secondary N) is 1. The fourth-order valence-electron chi connectivity index (χ4n) is 4.85. The van der Waals surface area contributed by atoms with E-state index in [-0.39, 0.29) is 29.5 Å². The molecular formula is C24H35N5O4. The number of benzene rings is 1. The van der Waals surface area contributed by atoms with Crippen molar-refractivity contribution < 1.29 is 19.1 Å². The van der Waals surface area contributed by atoms with E-state index in [1.807, 2.05) is 29.2 Å². The minimum absolute atomic E-state index is 0.00546. The van der Waals surface area contributed by atoms with Crippen LogP contribution in [-0.4, -0.2) is 80.8 Å². The van der Waals surface area contributed by atoms with Crippen LogP contribution in [0.1, 0.15) is 31.2 Å². The average molecular weight is 458 g/mol. The summed E-state index contributed by atoms with van der Waals surface area (Å²) >= 11 is 0. The topological polar surface area (TPSA) is 120 Å². The number of methoxy groups -OCH3 is 1. The van der Waals surface area contributed by atoms with Crippen molar-refractivity contribution in [2.45, 2.75) is 25.7 Å². The second-order valence-corrected chi connectivity index (χ2v) is 9.12. The van der Waals surface area contributed by atoms with Gasteiger partial charge in [-0.1, -0.05) is 0 Å². The third-order valence-corrected chi connectivity index (χ3v) is 6.87. The molecule has 2 aliphatic heterocycles. The normalized spacial score (nSPS) is 18.5. The highest BCUT2D eigenvalue weighted by atomic mass is 16.5. The molecule has 2 saturated heterocycles. The van der Waals surface area contributed by atoms with E-state index in [0.29, 0.717) is 31.5 Å². The summed E-state index contributed by atoms with van der Waals surface area (Å²) in [4.78, 5) is 43.5. The van der Waals surface area contributed by atoms with Gasteiger partial charge in [-0.3, -0.25) is 19.8 Å². The number of likely N-dealkylation sites (tertiary alicyclic amines) is 1. The summed E-state index contributed by atoms with van der Waals surface area (Å²) < 4.78 is 4.88. The summed E-state index contributed by atoms with van der Waals surface area (Å²) in [6.07, 6.45) is 2.81. The Morgan fingerprint density at radius 1 is 1.03 bits per heavy atom. The summed E-state index contributed by atoms with van der Waals surface area (Å²) in [7, 11) is 4.59. The summed E-state index contributed by atoms with van der Waals surface area (Å²) in [6, 6.07) is 7.64. The molecule has 0 aliphatic carbocycles. The minimum atomic E-state index is -0.806. The minimum Gasteiger partial charge on any atom is -0.468 e. The SMILES string of the molecule is COC(=O)C(C(=O)N(C)C)C1CCN(C(=O)C2CCN(c3ccc(C(=N)N)cc3)CC2)CC1. The van der Waals surface area contributed by atoms with Crippen molar-refractivity contribution in [3.63, 3.8) is 0 Å². The predicted octanol–water partition coefficient (Wildman–Crippen LogP) is 1.30. The summed E-state index contributed by atoms with van der Waals surface area (Å²) in [5.74, 6) is -1.44. The van der Waals surface area contributed by atoms with Crippen LogP contribution < -0.4 is 10.6 Å². The molecule has 180 valence electrons. The summed E-state index contributed by atoms with van der Waals surface area (Å²) in [5.41, 5.74) is 7.30. The lowest BCUT2D eigenvalue weighted by Gasteiger charge is -2.39. The molecule has 0 bridgehead atoms. The summed E-state index contributed by atoms with van der Waals surface area (Å²) in [5, 5.41) is 7.51. The zero-order valence-corrected chi connectivity index (χ0v) is 19.8. The van der Waals surface area contributed by atoms with E-state index in [2.05, 4.69) is 4.90 Å². The number of hydrogen-bond acceptors (Lipinski definition) is 6. The van der Waals surface area contributed by atoms with Crippen molar-refractivity contribution in [2.75, 3.05) is 52.3 Å². The van der Waals surface area contributed by atoms with E-state index in [9.17, 15) is 14.4 Å². The molecule has 1 unspecified atom stereocenters. The standard InChI is InChI=1S/C24H35N5O4/c1-27(2)23(31)20(24(32)33-3)16-8-14-29(15-9-16)22(30)18-10-12-28(13-11-18)19-6-4-17(5-7-19)21(25)26/h4-7,16,18,20H,8-15H2,1-3H3,(H3,25,26). The van der Waals surface area contributed by atoms with Gasteiger partial charge in [-0.05, 0) is 55.9 Å². The van der Waals surface area contributed by atoms with Gasteiger partial charge in [0.15, 0.2) is 0 Å². The second kappa shape index (κ2) is 10.7. The highest BCUT2D eigenvalue weighted by molar-refractivity contribution is 5.98. The van der Waals surface area contributed by atoms with E-state index in [4.69, 9.17) is 15.9 Å². The van der Waals surface area contributed by atoms with Gasteiger partial charge in [-0.2, -0.15) is 0 Å². The van der Waals surface area contributed by atoms with Crippen molar-refractivity contribution in [1.29, 1.82) is 5.41 Å². The highest BCUT2D eigenvalue weighted by Gasteiger charge is 2.40. The molecule has 0 radical (unpaired) electrons. The fourth-order valence-corrected chi connectivity index (χ4v) is 4.85. The van der Waals surface area contributed by atoms with Gasteiger partial charge in [0.25, 0.3) is 0 Å². The number of hydrogen-bond donors (Lipinski definition) is 2. The number of nitrogen functional groups attached to an aromatic ring is 1. The van der Waals surface area contributed by atoms with Crippen molar-refractivity contribution in [3.05, 3.63) is 29.8 Å². The van der Waals surface area contributed by atoms with Gasteiger partial charge in [0.05, 0.1) is 7.11 Å². The van der Waals surface area contributed by atoms with Crippen LogP contribution >= 0.6 is 0 Å². The molecule has 2 aliphatic rings. The third-order valence-electron chi connectivity index (χ3n) is 6.87. The van der Waals surface area contributed by atoms with Crippen LogP contribution in [0.25, 0.3) is 0 Å². The molecule has 33 heavy (non-hydrogen) atoms. The van der Waals surface area contributed by atoms with Gasteiger partial charge in [0.1, 0.15) is 11.8 Å². The Balaban J connectivity index is 1.52. The maximum atomic E-state index is 13.1. The Morgan fingerprint density at radius 3 is 2.09 bits per heavy atom. The number of piperidine rings is 2. The van der Waals surface area contributed by atoms with Gasteiger partial charge < -0.3 is 25.2 Å². The number of anilines is 1. The van der Waals surface area contributed by atoms with Gasteiger partial charge in [-0.15, -0.1) is 0 Å². The molecule has 0 spiro atoms. The number of amides is 2. The van der Waals surface area contributed by atoms with Crippen LogP contribution in [0.15, 0.2) is 24.3 Å². The number of ether oxygens (including phenoxy) is 1. The fraction of sp³-hybridized carbons (Fsp3) is 0.583. The lowest BCUT2D eigenvalue weighted by molar-refractivity contribution is -0.156. The Kier molecular flexibility index (Phi) is 7.94.